The lowest BCUT2D eigenvalue weighted by Crippen LogP contribution is -2.36. The van der Waals surface area contributed by atoms with Gasteiger partial charge in [-0.2, -0.15) is 0 Å². The second-order valence-electron chi connectivity index (χ2n) is 6.95. The van der Waals surface area contributed by atoms with Gasteiger partial charge in [0.2, 0.25) is 5.91 Å². The van der Waals surface area contributed by atoms with Gasteiger partial charge < -0.3 is 10.1 Å². The number of thioether (sulfide) groups is 1. The number of benzene rings is 1. The highest BCUT2D eigenvalue weighted by atomic mass is 35.5. The lowest BCUT2D eigenvalue weighted by atomic mass is 10.2. The first-order chi connectivity index (χ1) is 15.3. The molecular formula is C22H21ClN2O5S2. The molecule has 168 valence electrons. The largest absolute Gasteiger partial charge is 0.462 e. The highest BCUT2D eigenvalue weighted by Crippen LogP contribution is 2.33. The Morgan fingerprint density at radius 1 is 1.22 bits per heavy atom. The van der Waals surface area contributed by atoms with Crippen molar-refractivity contribution in [2.45, 2.75) is 26.7 Å². The number of unbranched alkanes of at least 4 members (excludes halogenated alkanes) is 1. The number of nitrogens with one attached hydrogen (secondary N) is 1. The number of rotatable bonds is 8. The van der Waals surface area contributed by atoms with Gasteiger partial charge in [0.25, 0.3) is 11.1 Å². The highest BCUT2D eigenvalue weighted by Gasteiger charge is 2.36. The van der Waals surface area contributed by atoms with Gasteiger partial charge in [-0.25, -0.2) is 4.79 Å². The van der Waals surface area contributed by atoms with Crippen LogP contribution in [0.3, 0.4) is 0 Å². The molecule has 0 atom stereocenters. The summed E-state index contributed by atoms with van der Waals surface area (Å²) in [6, 6.07) is 8.19. The molecule has 1 saturated heterocycles. The van der Waals surface area contributed by atoms with Crippen LogP contribution in [0.5, 0.6) is 0 Å². The molecule has 0 spiro atoms. The topological polar surface area (TPSA) is 92.8 Å². The van der Waals surface area contributed by atoms with E-state index in [4.69, 9.17) is 16.3 Å². The number of carbonyl (C=O) groups is 4. The molecule has 0 unspecified atom stereocenters. The van der Waals surface area contributed by atoms with E-state index in [0.29, 0.717) is 5.69 Å². The minimum Gasteiger partial charge on any atom is -0.462 e. The second-order valence-corrected chi connectivity index (χ2v) is 9.67. The summed E-state index contributed by atoms with van der Waals surface area (Å²) in [6.07, 6.45) is 3.27. The average molecular weight is 493 g/mol. The number of imide groups is 1. The van der Waals surface area contributed by atoms with Crippen molar-refractivity contribution < 1.29 is 23.9 Å². The summed E-state index contributed by atoms with van der Waals surface area (Å²) in [5, 5.41) is 2.27. The van der Waals surface area contributed by atoms with Crippen molar-refractivity contribution in [3.8, 4) is 0 Å². The number of thiophene rings is 1. The number of carbonyl (C=O) groups excluding carboxylic acids is 4. The predicted octanol–water partition coefficient (Wildman–Crippen LogP) is 5.34. The van der Waals surface area contributed by atoms with E-state index in [2.05, 4.69) is 5.32 Å². The van der Waals surface area contributed by atoms with Crippen LogP contribution in [-0.4, -0.2) is 41.1 Å². The van der Waals surface area contributed by atoms with Crippen LogP contribution in [-0.2, 0) is 14.3 Å². The molecule has 3 rings (SSSR count). The molecule has 2 aromatic rings. The first-order valence-electron chi connectivity index (χ1n) is 9.86. The van der Waals surface area contributed by atoms with E-state index in [0.717, 1.165) is 39.3 Å². The zero-order valence-electron chi connectivity index (χ0n) is 17.5. The predicted molar refractivity (Wildman–Crippen MR) is 127 cm³/mol. The van der Waals surface area contributed by atoms with Crippen molar-refractivity contribution in [3.63, 3.8) is 0 Å². The average Bonchev–Trinajstić information content (AvgIpc) is 3.27. The fourth-order valence-corrected chi connectivity index (χ4v) is 4.71. The van der Waals surface area contributed by atoms with Crippen LogP contribution in [0.4, 0.5) is 10.5 Å². The number of hydrogen-bond acceptors (Lipinski definition) is 7. The van der Waals surface area contributed by atoms with Gasteiger partial charge in [0, 0.05) is 15.4 Å². The van der Waals surface area contributed by atoms with Gasteiger partial charge in [0.05, 0.1) is 22.1 Å². The van der Waals surface area contributed by atoms with Gasteiger partial charge in [-0.3, -0.25) is 19.3 Å². The molecule has 0 saturated carbocycles. The third kappa shape index (κ3) is 5.99. The number of anilines is 1. The first kappa shape index (κ1) is 24.0. The molecule has 32 heavy (non-hydrogen) atoms. The van der Waals surface area contributed by atoms with Crippen LogP contribution < -0.4 is 5.32 Å². The van der Waals surface area contributed by atoms with E-state index < -0.39 is 29.6 Å². The van der Waals surface area contributed by atoms with Gasteiger partial charge in [-0.05, 0) is 61.5 Å². The standard InChI is InChI=1S/C22H21ClN2O5S2/c1-3-4-9-30-21(28)16-10-14(6-8-17(16)23)24-19(26)12-25-20(27)18(32-22(25)29)11-15-7-5-13(2)31-15/h5-8,10-11H,3-4,9,12H2,1-2H3,(H,24,26)/b18-11+. The van der Waals surface area contributed by atoms with Crippen LogP contribution in [0, 0.1) is 6.92 Å². The van der Waals surface area contributed by atoms with Gasteiger partial charge >= 0.3 is 5.97 Å². The van der Waals surface area contributed by atoms with Crippen LogP contribution in [0.1, 0.15) is 39.9 Å². The lowest BCUT2D eigenvalue weighted by molar-refractivity contribution is -0.127. The van der Waals surface area contributed by atoms with Crippen molar-refractivity contribution in [1.82, 2.24) is 4.90 Å². The molecule has 1 aliphatic heterocycles. The fraction of sp³-hybridized carbons (Fsp3) is 0.273. The summed E-state index contributed by atoms with van der Waals surface area (Å²) in [4.78, 5) is 52.6. The molecule has 2 heterocycles. The monoisotopic (exact) mass is 492 g/mol. The molecule has 10 heteroatoms. The van der Waals surface area contributed by atoms with Crippen LogP contribution in [0.2, 0.25) is 5.02 Å². The maximum absolute atomic E-state index is 12.6. The number of ether oxygens (including phenoxy) is 1. The number of amides is 3. The minimum atomic E-state index is -0.584. The Labute approximate surface area is 198 Å². The Kier molecular flexibility index (Phi) is 8.11. The minimum absolute atomic E-state index is 0.126. The smallest absolute Gasteiger partial charge is 0.339 e. The van der Waals surface area contributed by atoms with Gasteiger partial charge in [0.15, 0.2) is 0 Å². The SMILES string of the molecule is CCCCOC(=O)c1cc(NC(=O)CN2C(=O)S/C(=C/c3ccc(C)s3)C2=O)ccc1Cl. The molecule has 0 aliphatic carbocycles. The van der Waals surface area contributed by atoms with Gasteiger partial charge in [-0.1, -0.05) is 24.9 Å². The third-order valence-corrected chi connectivity index (χ3v) is 6.60. The molecule has 7 nitrogen and oxygen atoms in total. The number of nitrogens with zero attached hydrogens (tertiary/aromatic N) is 1. The lowest BCUT2D eigenvalue weighted by Gasteiger charge is -2.13. The normalized spacial score (nSPS) is 14.8. The summed E-state index contributed by atoms with van der Waals surface area (Å²) in [6.45, 7) is 3.77. The molecule has 3 amide bonds. The van der Waals surface area contributed by atoms with E-state index >= 15 is 0 Å². The molecule has 1 N–H and O–H groups in total. The number of hydrogen-bond donors (Lipinski definition) is 1. The van der Waals surface area contributed by atoms with E-state index in [9.17, 15) is 19.2 Å². The summed E-state index contributed by atoms with van der Waals surface area (Å²) < 4.78 is 5.17. The molecule has 1 fully saturated rings. The summed E-state index contributed by atoms with van der Waals surface area (Å²) >= 11 is 8.39. The summed E-state index contributed by atoms with van der Waals surface area (Å²) in [5.74, 6) is -1.68. The number of halogens is 1. The van der Waals surface area contributed by atoms with E-state index in [-0.39, 0.29) is 22.1 Å². The zero-order chi connectivity index (χ0) is 23.3. The van der Waals surface area contributed by atoms with Crippen LogP contribution in [0.25, 0.3) is 6.08 Å². The Morgan fingerprint density at radius 3 is 2.69 bits per heavy atom. The summed E-state index contributed by atoms with van der Waals surface area (Å²) in [5.41, 5.74) is 0.430. The van der Waals surface area contributed by atoms with Crippen molar-refractivity contribution in [2.24, 2.45) is 0 Å². The van der Waals surface area contributed by atoms with Crippen molar-refractivity contribution in [3.05, 3.63) is 55.6 Å². The van der Waals surface area contributed by atoms with Crippen LogP contribution >= 0.6 is 34.7 Å². The first-order valence-corrected chi connectivity index (χ1v) is 11.9. The number of aryl methyl sites for hydroxylation is 1. The Morgan fingerprint density at radius 2 is 2.00 bits per heavy atom. The van der Waals surface area contributed by atoms with E-state index in [1.807, 2.05) is 26.0 Å². The van der Waals surface area contributed by atoms with E-state index in [1.165, 1.54) is 29.5 Å². The van der Waals surface area contributed by atoms with Crippen LogP contribution in [0.15, 0.2) is 35.2 Å². The van der Waals surface area contributed by atoms with E-state index in [1.54, 1.807) is 6.08 Å². The molecule has 1 aliphatic rings. The van der Waals surface area contributed by atoms with Gasteiger partial charge in [-0.15, -0.1) is 11.3 Å². The fourth-order valence-electron chi connectivity index (χ4n) is 2.79. The summed E-state index contributed by atoms with van der Waals surface area (Å²) in [7, 11) is 0. The molecule has 0 bridgehead atoms. The second kappa shape index (κ2) is 10.8. The zero-order valence-corrected chi connectivity index (χ0v) is 19.9. The molecule has 1 aromatic carbocycles. The molecule has 0 radical (unpaired) electrons. The highest BCUT2D eigenvalue weighted by molar-refractivity contribution is 8.18. The van der Waals surface area contributed by atoms with Crippen molar-refractivity contribution >= 4 is 69.5 Å². The Balaban J connectivity index is 1.64. The van der Waals surface area contributed by atoms with Crippen molar-refractivity contribution in [1.29, 1.82) is 0 Å². The van der Waals surface area contributed by atoms with Crippen molar-refractivity contribution in [2.75, 3.05) is 18.5 Å². The quantitative estimate of drug-likeness (QED) is 0.303. The van der Waals surface area contributed by atoms with Gasteiger partial charge in [0.1, 0.15) is 6.54 Å². The maximum atomic E-state index is 12.6. The maximum Gasteiger partial charge on any atom is 0.339 e. The molecule has 1 aromatic heterocycles. The molecular weight excluding hydrogens is 472 g/mol. The Hall–Kier alpha value is -2.62. The number of esters is 1. The Bertz CT molecular complexity index is 1100. The third-order valence-electron chi connectivity index (χ3n) is 4.41.